The molecule has 332 valence electrons. The Bertz CT molecular complexity index is 2410. The molecule has 0 fully saturated rings. The fourth-order valence-electron chi connectivity index (χ4n) is 6.49. The third-order valence-corrected chi connectivity index (χ3v) is 9.21. The topological polar surface area (TPSA) is 43.1 Å². The lowest BCUT2D eigenvalue weighted by molar-refractivity contribution is -0.683. The van der Waals surface area contributed by atoms with E-state index in [1.807, 2.05) is 19.1 Å². The molecule has 63 heavy (non-hydrogen) atoms. The van der Waals surface area contributed by atoms with Gasteiger partial charge in [0, 0.05) is 5.56 Å². The second-order valence-electron chi connectivity index (χ2n) is 12.6. The van der Waals surface area contributed by atoms with E-state index in [0.29, 0.717) is 18.7 Å². The predicted octanol–water partition coefficient (Wildman–Crippen LogP) is 7.50. The number of carbonyl (C=O) groups excluding carboxylic acids is 1. The van der Waals surface area contributed by atoms with Gasteiger partial charge in [-0.15, -0.1) is 21.9 Å². The quantitative estimate of drug-likeness (QED) is 0.0378. The van der Waals surface area contributed by atoms with Crippen molar-refractivity contribution in [1.29, 1.82) is 0 Å². The van der Waals surface area contributed by atoms with Crippen LogP contribution in [0.3, 0.4) is 0 Å². The summed E-state index contributed by atoms with van der Waals surface area (Å²) in [5.41, 5.74) is -13.6. The molecule has 4 nitrogen and oxygen atoms in total. The van der Waals surface area contributed by atoms with Crippen molar-refractivity contribution in [3.05, 3.63) is 171 Å². The molecule has 25 heteroatoms. The molecular weight excluding hydrogens is 907 g/mol. The molecule has 6 aromatic rings. The highest BCUT2D eigenvalue weighted by Gasteiger charge is 2.52. The monoisotopic (exact) mass is 922 g/mol. The molecule has 0 N–H and O–H groups in total. The number of nitrogens with zero attached hydrogens (tertiary/aromatic N) is 2. The van der Waals surface area contributed by atoms with Gasteiger partial charge < -0.3 is 4.74 Å². The lowest BCUT2D eigenvalue weighted by Crippen LogP contribution is -2.81. The molecule has 5 aromatic carbocycles. The molecule has 0 aliphatic rings. The summed E-state index contributed by atoms with van der Waals surface area (Å²) >= 11 is 0. The van der Waals surface area contributed by atoms with Crippen molar-refractivity contribution in [3.8, 4) is 5.75 Å². The molecule has 1 heterocycles. The van der Waals surface area contributed by atoms with Crippen LogP contribution in [0.15, 0.2) is 49.1 Å². The van der Waals surface area contributed by atoms with Gasteiger partial charge in [-0.3, -0.25) is 9.78 Å². The summed E-state index contributed by atoms with van der Waals surface area (Å²) in [6, 6.07) is 7.20. The summed E-state index contributed by atoms with van der Waals surface area (Å²) in [6.45, 7) is 2.87. The van der Waals surface area contributed by atoms with Gasteiger partial charge in [-0.05, 0) is 31.2 Å². The Morgan fingerprint density at radius 2 is 0.698 bits per heavy atom. The van der Waals surface area contributed by atoms with Gasteiger partial charge in [-0.2, -0.15) is 4.57 Å². The Labute approximate surface area is 337 Å². The van der Waals surface area contributed by atoms with E-state index in [4.69, 9.17) is 4.74 Å². The van der Waals surface area contributed by atoms with Crippen LogP contribution in [0.2, 0.25) is 0 Å². The molecule has 0 radical (unpaired) electrons. The predicted molar refractivity (Wildman–Crippen MR) is 176 cm³/mol. The molecule has 0 aliphatic carbocycles. The van der Waals surface area contributed by atoms with Gasteiger partial charge in [-0.1, -0.05) is 0 Å². The smallest absolute Gasteiger partial charge is 0.227 e. The number of carbonyl (C=O) groups is 1. The lowest BCUT2D eigenvalue weighted by Gasteiger charge is -2.44. The number of Topliss-reactive ketones (excluding diaryl/α,β-unsaturated/α-hetero) is 1. The van der Waals surface area contributed by atoms with Crippen LogP contribution >= 0.6 is 0 Å². The summed E-state index contributed by atoms with van der Waals surface area (Å²) in [5.74, 6) is -70.6. The molecule has 0 spiro atoms. The maximum Gasteiger partial charge on any atom is 0.227 e. The molecule has 0 atom stereocenters. The van der Waals surface area contributed by atoms with E-state index >= 15 is 35.1 Å². The second-order valence-corrected chi connectivity index (χ2v) is 12.6. The minimum absolute atomic E-state index is 0.0641. The standard InChI is InChI=1S/C24BF20.C14H15N2O2/c26-5-1(6(27)14(35)21(42)13(5)34)25(2-7(28)15(36)22(43)16(37)8(2)29,3-9(30)17(38)23(44)18(39)10(3)31)4-11(32)19(40)24(45)20(41)12(4)33;1-2-18-13-5-3-12(4-6-13)14(17)11-16-9-7-15-8-10-16/h;3-10H,2,11H2,1H3/q-1;+1. The fourth-order valence-corrected chi connectivity index (χ4v) is 6.49. The highest BCUT2D eigenvalue weighted by atomic mass is 19.2. The van der Waals surface area contributed by atoms with Gasteiger partial charge in [0.25, 0.3) is 0 Å². The minimum Gasteiger partial charge on any atom is -0.494 e. The van der Waals surface area contributed by atoms with Crippen molar-refractivity contribution < 1.29 is 102 Å². The second kappa shape index (κ2) is 18.0. The number of aromatic nitrogens is 2. The third kappa shape index (κ3) is 7.76. The average Bonchev–Trinajstić information content (AvgIpc) is 3.27. The van der Waals surface area contributed by atoms with Crippen molar-refractivity contribution in [2.24, 2.45) is 0 Å². The lowest BCUT2D eigenvalue weighted by atomic mass is 9.12. The maximum absolute atomic E-state index is 15.4. The van der Waals surface area contributed by atoms with Crippen LogP contribution in [-0.4, -0.2) is 23.5 Å². The van der Waals surface area contributed by atoms with Crippen LogP contribution in [0.1, 0.15) is 17.3 Å². The van der Waals surface area contributed by atoms with Gasteiger partial charge in [0.2, 0.25) is 12.3 Å². The molecule has 0 saturated carbocycles. The van der Waals surface area contributed by atoms with Gasteiger partial charge in [0.05, 0.1) is 19.0 Å². The Morgan fingerprint density at radius 3 is 0.952 bits per heavy atom. The number of halogens is 20. The molecule has 6 rings (SSSR count). The Morgan fingerprint density at radius 1 is 0.444 bits per heavy atom. The first-order chi connectivity index (χ1) is 29.5. The normalized spacial score (nSPS) is 11.4. The molecular formula is C38H15BF20N2O2. The fraction of sp³-hybridized carbons (Fsp3) is 0.0789. The van der Waals surface area contributed by atoms with E-state index in [9.17, 15) is 57.5 Å². The van der Waals surface area contributed by atoms with E-state index in [0.717, 1.165) is 5.75 Å². The molecule has 0 bridgehead atoms. The van der Waals surface area contributed by atoms with Crippen LogP contribution in [0, 0.1) is 116 Å². The summed E-state index contributed by atoms with van der Waals surface area (Å²) < 4.78 is 301. The molecule has 0 unspecified atom stereocenters. The number of benzene rings is 5. The van der Waals surface area contributed by atoms with Gasteiger partial charge in [-0.25, -0.2) is 87.8 Å². The van der Waals surface area contributed by atoms with Crippen molar-refractivity contribution in [2.75, 3.05) is 6.61 Å². The zero-order valence-electron chi connectivity index (χ0n) is 30.4. The maximum atomic E-state index is 15.4. The number of rotatable bonds is 9. The first kappa shape index (κ1) is 47.4. The van der Waals surface area contributed by atoms with Crippen LogP contribution in [0.4, 0.5) is 87.8 Å². The molecule has 0 aliphatic heterocycles. The zero-order valence-corrected chi connectivity index (χ0v) is 30.4. The minimum atomic E-state index is -7.22. The summed E-state index contributed by atoms with van der Waals surface area (Å²) in [6.07, 6.45) is -0.360. The average molecular weight is 922 g/mol. The Kier molecular flexibility index (Phi) is 13.5. The van der Waals surface area contributed by atoms with E-state index < -0.39 is 144 Å². The van der Waals surface area contributed by atoms with Crippen molar-refractivity contribution in [1.82, 2.24) is 4.98 Å². The van der Waals surface area contributed by atoms with Crippen LogP contribution in [-0.2, 0) is 6.54 Å². The molecule has 1 aromatic heterocycles. The van der Waals surface area contributed by atoms with Crippen molar-refractivity contribution in [3.63, 3.8) is 0 Å². The number of hydrogen-bond donors (Lipinski definition) is 0. The summed E-state index contributed by atoms with van der Waals surface area (Å²) in [5, 5.41) is 0. The van der Waals surface area contributed by atoms with Gasteiger partial charge in [0.15, 0.2) is 82.2 Å². The molecule has 0 saturated heterocycles. The number of hydrogen-bond acceptors (Lipinski definition) is 3. The van der Waals surface area contributed by atoms with Crippen LogP contribution in [0.5, 0.6) is 5.75 Å². The summed E-state index contributed by atoms with van der Waals surface area (Å²) in [7, 11) is 0. The van der Waals surface area contributed by atoms with Gasteiger partial charge in [0.1, 0.15) is 58.4 Å². The van der Waals surface area contributed by atoms with Crippen molar-refractivity contribution >= 4 is 33.8 Å². The first-order valence-electron chi connectivity index (χ1n) is 16.8. The van der Waals surface area contributed by atoms with Gasteiger partial charge >= 0.3 is 0 Å². The Balaban J connectivity index is 0.000000345. The highest BCUT2D eigenvalue weighted by Crippen LogP contribution is 2.30. The first-order valence-corrected chi connectivity index (χ1v) is 16.8. The number of ether oxygens (including phenoxy) is 1. The van der Waals surface area contributed by atoms with Crippen LogP contribution < -0.4 is 31.2 Å². The third-order valence-electron chi connectivity index (χ3n) is 9.21. The van der Waals surface area contributed by atoms with Crippen LogP contribution in [0.25, 0.3) is 0 Å². The largest absolute Gasteiger partial charge is 0.494 e. The Hall–Kier alpha value is -6.69. The van der Waals surface area contributed by atoms with E-state index in [1.54, 1.807) is 41.5 Å². The van der Waals surface area contributed by atoms with E-state index in [1.165, 1.54) is 0 Å². The summed E-state index contributed by atoms with van der Waals surface area (Å²) in [4.78, 5) is 15.9. The highest BCUT2D eigenvalue weighted by molar-refractivity contribution is 7.20. The number of ketones is 1. The van der Waals surface area contributed by atoms with E-state index in [-0.39, 0.29) is 5.78 Å². The van der Waals surface area contributed by atoms with E-state index in [2.05, 4.69) is 4.98 Å². The molecule has 0 amide bonds. The SMILES string of the molecule is CCOc1ccc(C(=O)C[n+]2ccncc2)cc1.Fc1c(F)c(F)c([B-](c2c(F)c(F)c(F)c(F)c2F)(c2c(F)c(F)c(F)c(F)c2F)c2c(F)c(F)c(F)c(F)c2F)c(F)c1F. The van der Waals surface area contributed by atoms with Crippen molar-refractivity contribution in [2.45, 2.75) is 13.5 Å². The zero-order chi connectivity index (χ0) is 47.2.